The Morgan fingerprint density at radius 2 is 1.12 bits per heavy atom. The van der Waals surface area contributed by atoms with Crippen LogP contribution in [0.15, 0.2) is 146 Å². The summed E-state index contributed by atoms with van der Waals surface area (Å²) in [6.07, 6.45) is 0. The Kier molecular flexibility index (Phi) is 5.76. The van der Waals surface area contributed by atoms with Gasteiger partial charge >= 0.3 is 0 Å². The molecule has 43 heavy (non-hydrogen) atoms. The van der Waals surface area contributed by atoms with Crippen molar-refractivity contribution in [3.63, 3.8) is 0 Å². The Balaban J connectivity index is 1.23. The zero-order chi connectivity index (χ0) is 29.2. The summed E-state index contributed by atoms with van der Waals surface area (Å²) < 4.78 is 21.4. The molecule has 1 atom stereocenters. The summed E-state index contributed by atoms with van der Waals surface area (Å²) in [4.78, 5) is 2.36. The van der Waals surface area contributed by atoms with Crippen molar-refractivity contribution in [1.82, 2.24) is 0 Å². The minimum Gasteiger partial charge on any atom is -0.456 e. The smallest absolute Gasteiger partial charge is 0.178 e. The second-order valence-electron chi connectivity index (χ2n) is 11.7. The molecule has 6 aromatic rings. The van der Waals surface area contributed by atoms with Crippen molar-refractivity contribution in [1.29, 1.82) is 0 Å². The highest BCUT2D eigenvalue weighted by molar-refractivity contribution is 7.85. The maximum Gasteiger partial charge on any atom is 0.178 e. The van der Waals surface area contributed by atoms with Crippen molar-refractivity contribution < 1.29 is 9.30 Å². The van der Waals surface area contributed by atoms with Crippen molar-refractivity contribution in [2.24, 2.45) is 0 Å². The van der Waals surface area contributed by atoms with E-state index in [0.717, 1.165) is 32.7 Å². The number of fused-ring (bicyclic) bond motifs is 4. The molecule has 1 unspecified atom stereocenters. The van der Waals surface area contributed by atoms with Crippen molar-refractivity contribution >= 4 is 40.1 Å². The fraction of sp³-hybridized carbons (Fsp3) is 0.0769. The monoisotopic (exact) mass is 575 g/mol. The molecular formula is C39H30NO2P. The molecule has 2 aliphatic heterocycles. The standard InChI is InChI=1S/C39H30NO2P/c1-39(2)31-14-6-8-16-33(31)40(34-17-9-7-15-32(34)39)29-23-20-27(21-24-29)28-22-25-36-38(26-28)43(41,30-12-4-3-5-13-30)37-19-11-10-18-35(37)42-36/h3-26H,1-2H3. The minimum atomic E-state index is -3.14. The lowest BCUT2D eigenvalue weighted by atomic mass is 9.73. The Morgan fingerprint density at radius 3 is 1.81 bits per heavy atom. The SMILES string of the molecule is CC1(C)c2ccccc2N(c2ccc(-c3ccc4c(c3)P(=O)(c3ccccc3)c3ccccc3O4)cc2)c2ccccc21. The molecule has 6 aromatic carbocycles. The van der Waals surface area contributed by atoms with Gasteiger partial charge in [-0.1, -0.05) is 111 Å². The summed E-state index contributed by atoms with van der Waals surface area (Å²) >= 11 is 0. The molecule has 0 bridgehead atoms. The third-order valence-corrected chi connectivity index (χ3v) is 12.0. The zero-order valence-corrected chi connectivity index (χ0v) is 25.0. The van der Waals surface area contributed by atoms with E-state index in [9.17, 15) is 0 Å². The number of hydrogen-bond donors (Lipinski definition) is 0. The fourth-order valence-electron chi connectivity index (χ4n) is 6.75. The van der Waals surface area contributed by atoms with Gasteiger partial charge in [-0.15, -0.1) is 0 Å². The van der Waals surface area contributed by atoms with Crippen LogP contribution in [0.1, 0.15) is 25.0 Å². The second kappa shape index (κ2) is 9.59. The van der Waals surface area contributed by atoms with E-state index >= 15 is 4.57 Å². The predicted octanol–water partition coefficient (Wildman–Crippen LogP) is 9.21. The van der Waals surface area contributed by atoms with E-state index in [2.05, 4.69) is 104 Å². The van der Waals surface area contributed by atoms with Crippen LogP contribution in [0.4, 0.5) is 17.1 Å². The van der Waals surface area contributed by atoms with Crippen molar-refractivity contribution in [3.8, 4) is 22.6 Å². The van der Waals surface area contributed by atoms with Gasteiger partial charge in [0.05, 0.1) is 22.0 Å². The first-order chi connectivity index (χ1) is 21.0. The first kappa shape index (κ1) is 25.8. The quantitative estimate of drug-likeness (QED) is 0.197. The van der Waals surface area contributed by atoms with Crippen molar-refractivity contribution in [2.45, 2.75) is 19.3 Å². The predicted molar refractivity (Wildman–Crippen MR) is 178 cm³/mol. The molecule has 8 rings (SSSR count). The van der Waals surface area contributed by atoms with Crippen LogP contribution in [0.2, 0.25) is 0 Å². The molecule has 0 saturated carbocycles. The van der Waals surface area contributed by atoms with Crippen LogP contribution in [-0.4, -0.2) is 0 Å². The molecule has 0 aliphatic carbocycles. The van der Waals surface area contributed by atoms with Crippen LogP contribution in [0.3, 0.4) is 0 Å². The molecule has 0 fully saturated rings. The lowest BCUT2D eigenvalue weighted by Gasteiger charge is -2.42. The number of hydrogen-bond acceptors (Lipinski definition) is 3. The summed E-state index contributed by atoms with van der Waals surface area (Å²) in [7, 11) is -3.14. The Hall–Kier alpha value is -4.85. The minimum absolute atomic E-state index is 0.0971. The fourth-order valence-corrected chi connectivity index (χ4v) is 9.63. The van der Waals surface area contributed by atoms with Gasteiger partial charge in [0.25, 0.3) is 0 Å². The first-order valence-electron chi connectivity index (χ1n) is 14.6. The average molecular weight is 576 g/mol. The van der Waals surface area contributed by atoms with Gasteiger partial charge in [0.2, 0.25) is 0 Å². The number of benzene rings is 6. The average Bonchev–Trinajstić information content (AvgIpc) is 3.06. The highest BCUT2D eigenvalue weighted by Crippen LogP contribution is 2.53. The Bertz CT molecular complexity index is 2010. The number of ether oxygens (including phenoxy) is 1. The Morgan fingerprint density at radius 1 is 0.558 bits per heavy atom. The molecule has 0 saturated heterocycles. The molecule has 0 N–H and O–H groups in total. The van der Waals surface area contributed by atoms with Crippen molar-refractivity contribution in [3.05, 3.63) is 157 Å². The third kappa shape index (κ3) is 3.85. The number of rotatable bonds is 3. The van der Waals surface area contributed by atoms with E-state index in [1.54, 1.807) is 0 Å². The van der Waals surface area contributed by atoms with Gasteiger partial charge in [-0.05, 0) is 70.8 Å². The molecule has 3 nitrogen and oxygen atoms in total. The highest BCUT2D eigenvalue weighted by Gasteiger charge is 2.39. The largest absolute Gasteiger partial charge is 0.456 e. The van der Waals surface area contributed by atoms with Crippen LogP contribution in [-0.2, 0) is 9.98 Å². The summed E-state index contributed by atoms with van der Waals surface area (Å²) in [5.41, 5.74) is 8.09. The van der Waals surface area contributed by atoms with Crippen LogP contribution in [0, 0.1) is 0 Å². The molecule has 208 valence electrons. The van der Waals surface area contributed by atoms with Gasteiger partial charge < -0.3 is 14.2 Å². The first-order valence-corrected chi connectivity index (χ1v) is 16.3. The van der Waals surface area contributed by atoms with Gasteiger partial charge in [0.15, 0.2) is 7.14 Å². The lowest BCUT2D eigenvalue weighted by molar-refractivity contribution is 0.485. The number of anilines is 3. The maximum absolute atomic E-state index is 15.1. The summed E-state index contributed by atoms with van der Waals surface area (Å²) in [5, 5.41) is 2.29. The van der Waals surface area contributed by atoms with E-state index in [1.165, 1.54) is 22.5 Å². The van der Waals surface area contributed by atoms with Gasteiger partial charge in [0, 0.05) is 16.4 Å². The lowest BCUT2D eigenvalue weighted by Crippen LogP contribution is -2.30. The maximum atomic E-state index is 15.1. The molecule has 0 radical (unpaired) electrons. The third-order valence-electron chi connectivity index (χ3n) is 8.94. The number of para-hydroxylation sites is 3. The molecule has 0 aromatic heterocycles. The van der Waals surface area contributed by atoms with E-state index < -0.39 is 7.14 Å². The molecule has 2 aliphatic rings. The zero-order valence-electron chi connectivity index (χ0n) is 24.1. The van der Waals surface area contributed by atoms with Crippen LogP contribution in [0.25, 0.3) is 11.1 Å². The van der Waals surface area contributed by atoms with Gasteiger partial charge in [-0.25, -0.2) is 0 Å². The van der Waals surface area contributed by atoms with Crippen LogP contribution in [0.5, 0.6) is 11.5 Å². The second-order valence-corrected chi connectivity index (χ2v) is 14.4. The van der Waals surface area contributed by atoms with Crippen LogP contribution < -0.4 is 25.6 Å². The van der Waals surface area contributed by atoms with Crippen molar-refractivity contribution in [2.75, 3.05) is 4.90 Å². The van der Waals surface area contributed by atoms with Gasteiger partial charge in [0.1, 0.15) is 11.5 Å². The number of nitrogens with zero attached hydrogens (tertiary/aromatic N) is 1. The summed E-state index contributed by atoms with van der Waals surface area (Å²) in [5.74, 6) is 1.31. The van der Waals surface area contributed by atoms with Gasteiger partial charge in [-0.2, -0.15) is 0 Å². The van der Waals surface area contributed by atoms with E-state index in [1.807, 2.05) is 60.7 Å². The van der Waals surface area contributed by atoms with E-state index in [0.29, 0.717) is 11.5 Å². The van der Waals surface area contributed by atoms with Crippen LogP contribution >= 0.6 is 7.14 Å². The topological polar surface area (TPSA) is 29.5 Å². The van der Waals surface area contributed by atoms with Gasteiger partial charge in [-0.3, -0.25) is 0 Å². The molecule has 0 amide bonds. The molecule has 0 spiro atoms. The van der Waals surface area contributed by atoms with E-state index in [4.69, 9.17) is 4.74 Å². The Labute approximate surface area is 252 Å². The normalized spacial score (nSPS) is 17.6. The molecule has 4 heteroatoms. The summed E-state index contributed by atoms with van der Waals surface area (Å²) in [6.45, 7) is 4.61. The summed E-state index contributed by atoms with van der Waals surface area (Å²) in [6, 6.07) is 49.6. The molecule has 2 heterocycles. The van der Waals surface area contributed by atoms with E-state index in [-0.39, 0.29) is 5.41 Å². The highest BCUT2D eigenvalue weighted by atomic mass is 31.2. The molecular weight excluding hydrogens is 545 g/mol.